The lowest BCUT2D eigenvalue weighted by atomic mass is 10.2. The lowest BCUT2D eigenvalue weighted by Crippen LogP contribution is -2.44. The van der Waals surface area contributed by atoms with Crippen LogP contribution in [0.5, 0.6) is 0 Å². The average molecular weight is 436 g/mol. The standard InChI is InChI=1S/C16H25FN4O.HI/c1-2-18-16(19-7-8-21-9-11-22-12-10-21)20-13-14-5-3-4-6-15(14)17;/h3-6H,2,7-13H2,1H3,(H2,18,19,20);1H. The molecule has 0 unspecified atom stereocenters. The van der Waals surface area contributed by atoms with Crippen LogP contribution in [0.15, 0.2) is 29.3 Å². The molecule has 0 amide bonds. The molecule has 0 saturated carbocycles. The number of hydrogen-bond donors (Lipinski definition) is 2. The van der Waals surface area contributed by atoms with E-state index in [4.69, 9.17) is 4.74 Å². The Bertz CT molecular complexity index is 481. The molecule has 0 atom stereocenters. The smallest absolute Gasteiger partial charge is 0.191 e. The first kappa shape index (κ1) is 20.1. The minimum absolute atomic E-state index is 0. The molecule has 1 aromatic carbocycles. The number of halogens is 2. The van der Waals surface area contributed by atoms with E-state index < -0.39 is 0 Å². The van der Waals surface area contributed by atoms with Crippen molar-refractivity contribution < 1.29 is 9.13 Å². The monoisotopic (exact) mass is 436 g/mol. The van der Waals surface area contributed by atoms with E-state index in [2.05, 4.69) is 20.5 Å². The molecule has 7 heteroatoms. The molecule has 1 fully saturated rings. The third-order valence-corrected chi connectivity index (χ3v) is 3.53. The van der Waals surface area contributed by atoms with Crippen LogP contribution in [-0.2, 0) is 11.3 Å². The molecule has 1 aromatic rings. The van der Waals surface area contributed by atoms with Gasteiger partial charge in [0.15, 0.2) is 5.96 Å². The molecule has 23 heavy (non-hydrogen) atoms. The van der Waals surface area contributed by atoms with Crippen LogP contribution in [0.4, 0.5) is 4.39 Å². The summed E-state index contributed by atoms with van der Waals surface area (Å²) in [6.45, 7) is 8.46. The summed E-state index contributed by atoms with van der Waals surface area (Å²) in [7, 11) is 0. The van der Waals surface area contributed by atoms with Crippen molar-refractivity contribution in [2.45, 2.75) is 13.5 Å². The van der Waals surface area contributed by atoms with Crippen LogP contribution in [0.2, 0.25) is 0 Å². The van der Waals surface area contributed by atoms with E-state index in [9.17, 15) is 4.39 Å². The summed E-state index contributed by atoms with van der Waals surface area (Å²) in [6, 6.07) is 6.74. The number of ether oxygens (including phenoxy) is 1. The summed E-state index contributed by atoms with van der Waals surface area (Å²) < 4.78 is 18.9. The molecule has 2 N–H and O–H groups in total. The first-order chi connectivity index (χ1) is 10.8. The molecule has 0 aliphatic carbocycles. The molecule has 1 aliphatic heterocycles. The first-order valence-corrected chi connectivity index (χ1v) is 7.85. The largest absolute Gasteiger partial charge is 0.379 e. The number of aliphatic imine (C=N–C) groups is 1. The van der Waals surface area contributed by atoms with Gasteiger partial charge in [0.05, 0.1) is 19.8 Å². The van der Waals surface area contributed by atoms with E-state index in [1.807, 2.05) is 13.0 Å². The van der Waals surface area contributed by atoms with Crippen molar-refractivity contribution in [1.82, 2.24) is 15.5 Å². The van der Waals surface area contributed by atoms with Crippen molar-refractivity contribution in [2.75, 3.05) is 45.9 Å². The number of rotatable bonds is 6. The van der Waals surface area contributed by atoms with Crippen LogP contribution < -0.4 is 10.6 Å². The van der Waals surface area contributed by atoms with Crippen molar-refractivity contribution in [3.05, 3.63) is 35.6 Å². The fourth-order valence-corrected chi connectivity index (χ4v) is 2.29. The SMILES string of the molecule is CCNC(=NCc1ccccc1F)NCCN1CCOCC1.I. The van der Waals surface area contributed by atoms with Gasteiger partial charge >= 0.3 is 0 Å². The van der Waals surface area contributed by atoms with Gasteiger partial charge < -0.3 is 15.4 Å². The molecule has 0 bridgehead atoms. The molecule has 0 aromatic heterocycles. The van der Waals surface area contributed by atoms with Crippen molar-refractivity contribution in [3.8, 4) is 0 Å². The van der Waals surface area contributed by atoms with Crippen LogP contribution in [0, 0.1) is 5.82 Å². The Balaban J connectivity index is 0.00000264. The summed E-state index contributed by atoms with van der Waals surface area (Å²) in [5.74, 6) is 0.509. The Morgan fingerprint density at radius 3 is 2.70 bits per heavy atom. The zero-order chi connectivity index (χ0) is 15.6. The van der Waals surface area contributed by atoms with Crippen molar-refractivity contribution >= 4 is 29.9 Å². The Morgan fingerprint density at radius 2 is 2.00 bits per heavy atom. The highest BCUT2D eigenvalue weighted by Gasteiger charge is 2.09. The molecule has 2 rings (SSSR count). The van der Waals surface area contributed by atoms with Gasteiger partial charge in [0.1, 0.15) is 5.82 Å². The highest BCUT2D eigenvalue weighted by atomic mass is 127. The maximum absolute atomic E-state index is 13.6. The Kier molecular flexibility index (Phi) is 10.1. The first-order valence-electron chi connectivity index (χ1n) is 7.85. The fraction of sp³-hybridized carbons (Fsp3) is 0.562. The van der Waals surface area contributed by atoms with Gasteiger partial charge in [-0.2, -0.15) is 0 Å². The third-order valence-electron chi connectivity index (χ3n) is 3.53. The van der Waals surface area contributed by atoms with Crippen LogP contribution in [0.3, 0.4) is 0 Å². The Morgan fingerprint density at radius 1 is 1.26 bits per heavy atom. The van der Waals surface area contributed by atoms with E-state index in [1.165, 1.54) is 6.07 Å². The topological polar surface area (TPSA) is 48.9 Å². The highest BCUT2D eigenvalue weighted by molar-refractivity contribution is 14.0. The van der Waals surface area contributed by atoms with Gasteiger partial charge in [-0.1, -0.05) is 18.2 Å². The van der Waals surface area contributed by atoms with Gasteiger partial charge in [0.25, 0.3) is 0 Å². The second-order valence-electron chi connectivity index (χ2n) is 5.17. The lowest BCUT2D eigenvalue weighted by molar-refractivity contribution is 0.0389. The van der Waals surface area contributed by atoms with Crippen molar-refractivity contribution in [2.24, 2.45) is 4.99 Å². The molecular weight excluding hydrogens is 410 g/mol. The van der Waals surface area contributed by atoms with E-state index >= 15 is 0 Å². The maximum atomic E-state index is 13.6. The number of guanidine groups is 1. The summed E-state index contributed by atoms with van der Waals surface area (Å²) in [5, 5.41) is 6.47. The van der Waals surface area contributed by atoms with Gasteiger partial charge in [0.2, 0.25) is 0 Å². The summed E-state index contributed by atoms with van der Waals surface area (Å²) in [4.78, 5) is 6.80. The number of nitrogens with one attached hydrogen (secondary N) is 2. The minimum Gasteiger partial charge on any atom is -0.379 e. The average Bonchev–Trinajstić information content (AvgIpc) is 2.55. The van der Waals surface area contributed by atoms with Crippen molar-refractivity contribution in [1.29, 1.82) is 0 Å². The van der Waals surface area contributed by atoms with Crippen LogP contribution in [0.25, 0.3) is 0 Å². The predicted molar refractivity (Wildman–Crippen MR) is 102 cm³/mol. The van der Waals surface area contributed by atoms with E-state index in [0.717, 1.165) is 51.9 Å². The predicted octanol–water partition coefficient (Wildman–Crippen LogP) is 1.83. The molecule has 1 heterocycles. The van der Waals surface area contributed by atoms with E-state index in [0.29, 0.717) is 12.1 Å². The Labute approximate surface area is 154 Å². The number of benzene rings is 1. The number of hydrogen-bond acceptors (Lipinski definition) is 3. The molecule has 130 valence electrons. The van der Waals surface area contributed by atoms with Crippen LogP contribution in [0.1, 0.15) is 12.5 Å². The van der Waals surface area contributed by atoms with Gasteiger partial charge in [-0.3, -0.25) is 4.90 Å². The van der Waals surface area contributed by atoms with Gasteiger partial charge in [-0.05, 0) is 13.0 Å². The van der Waals surface area contributed by atoms with Crippen LogP contribution >= 0.6 is 24.0 Å². The lowest BCUT2D eigenvalue weighted by Gasteiger charge is -2.26. The molecule has 1 saturated heterocycles. The quantitative estimate of drug-likeness (QED) is 0.406. The normalized spacial score (nSPS) is 15.8. The van der Waals surface area contributed by atoms with Crippen molar-refractivity contribution in [3.63, 3.8) is 0 Å². The third kappa shape index (κ3) is 7.45. The summed E-state index contributed by atoms with van der Waals surface area (Å²) >= 11 is 0. The molecule has 0 radical (unpaired) electrons. The number of morpholine rings is 1. The van der Waals surface area contributed by atoms with E-state index in [1.54, 1.807) is 12.1 Å². The van der Waals surface area contributed by atoms with Gasteiger partial charge in [0, 0.05) is 38.3 Å². The Hall–Kier alpha value is -0.930. The molecule has 0 spiro atoms. The zero-order valence-corrected chi connectivity index (χ0v) is 15.9. The number of nitrogens with zero attached hydrogens (tertiary/aromatic N) is 2. The zero-order valence-electron chi connectivity index (χ0n) is 13.6. The van der Waals surface area contributed by atoms with Gasteiger partial charge in [-0.25, -0.2) is 9.38 Å². The highest BCUT2D eigenvalue weighted by Crippen LogP contribution is 2.07. The molecule has 1 aliphatic rings. The second kappa shape index (κ2) is 11.6. The fourth-order valence-electron chi connectivity index (χ4n) is 2.29. The van der Waals surface area contributed by atoms with Gasteiger partial charge in [-0.15, -0.1) is 24.0 Å². The summed E-state index contributed by atoms with van der Waals surface area (Å²) in [6.07, 6.45) is 0. The molecule has 5 nitrogen and oxygen atoms in total. The van der Waals surface area contributed by atoms with Crippen LogP contribution in [-0.4, -0.2) is 56.8 Å². The second-order valence-corrected chi connectivity index (χ2v) is 5.17. The summed E-state index contributed by atoms with van der Waals surface area (Å²) in [5.41, 5.74) is 0.605. The minimum atomic E-state index is -0.213. The maximum Gasteiger partial charge on any atom is 0.191 e. The molecular formula is C16H26FIN4O. The van der Waals surface area contributed by atoms with E-state index in [-0.39, 0.29) is 29.8 Å².